The summed E-state index contributed by atoms with van der Waals surface area (Å²) >= 11 is 3.12. The third kappa shape index (κ3) is 8.76. The molecule has 0 aliphatic heterocycles. The number of rotatable bonds is 5. The number of carbonyl (C=O) groups excluding carboxylic acids is 2. The molecule has 2 aromatic carbocycles. The van der Waals surface area contributed by atoms with Crippen LogP contribution < -0.4 is 0 Å². The fraction of sp³-hybridized carbons (Fsp3) is 0.320. The maximum atomic E-state index is 12.0. The Morgan fingerprint density at radius 3 is 1.74 bits per heavy atom. The minimum Gasteiger partial charge on any atom is -0.456 e. The van der Waals surface area contributed by atoms with Crippen molar-refractivity contribution >= 4 is 39.2 Å². The maximum absolute atomic E-state index is 12.0. The molecule has 1 heterocycles. The molecule has 12 nitrogen and oxygen atoms in total. The minimum absolute atomic E-state index is 0.0480. The molecule has 0 amide bonds. The van der Waals surface area contributed by atoms with Crippen LogP contribution in [0, 0.1) is 20.2 Å². The van der Waals surface area contributed by atoms with E-state index >= 15 is 0 Å². The summed E-state index contributed by atoms with van der Waals surface area (Å²) in [5.41, 5.74) is -1.60. The van der Waals surface area contributed by atoms with Crippen molar-refractivity contribution in [2.24, 2.45) is 0 Å². The summed E-state index contributed by atoms with van der Waals surface area (Å²) in [4.78, 5) is 44.6. The van der Waals surface area contributed by atoms with Crippen LogP contribution in [0.1, 0.15) is 62.3 Å². The van der Waals surface area contributed by atoms with Crippen molar-refractivity contribution in [3.05, 3.63) is 90.7 Å². The molecule has 202 valence electrons. The number of hydrogen-bond acceptors (Lipinski definition) is 9. The van der Waals surface area contributed by atoms with Crippen molar-refractivity contribution in [3.63, 3.8) is 0 Å². The van der Waals surface area contributed by atoms with E-state index in [1.807, 2.05) is 0 Å². The third-order valence-electron chi connectivity index (χ3n) is 4.34. The van der Waals surface area contributed by atoms with Crippen LogP contribution in [0.3, 0.4) is 0 Å². The molecule has 13 heteroatoms. The summed E-state index contributed by atoms with van der Waals surface area (Å²) in [5, 5.41) is 26.0. The summed E-state index contributed by atoms with van der Waals surface area (Å²) in [6.45, 7) is 10.2. The van der Waals surface area contributed by atoms with Crippen LogP contribution in [0.25, 0.3) is 5.69 Å². The van der Waals surface area contributed by atoms with Gasteiger partial charge in [0.2, 0.25) is 0 Å². The second-order valence-corrected chi connectivity index (χ2v) is 10.7. The van der Waals surface area contributed by atoms with Gasteiger partial charge in [-0.1, -0.05) is 15.9 Å². The van der Waals surface area contributed by atoms with E-state index in [1.165, 1.54) is 28.9 Å². The van der Waals surface area contributed by atoms with E-state index in [0.29, 0.717) is 10.2 Å². The van der Waals surface area contributed by atoms with Crippen molar-refractivity contribution < 1.29 is 28.9 Å². The van der Waals surface area contributed by atoms with E-state index in [9.17, 15) is 29.8 Å². The molecular weight excluding hydrogens is 564 g/mol. The SMILES string of the molecule is CC(C)(C)OC(=O)c1ccc(-n2cccn2)cc1[N+](=O)[O-].CC(C)(C)OC(=O)c1ccc(Br)cc1[N+](=O)[O-]. The first kappa shape index (κ1) is 30.1. The van der Waals surface area contributed by atoms with Crippen LogP contribution in [0.5, 0.6) is 0 Å². The molecule has 0 fully saturated rings. The zero-order valence-electron chi connectivity index (χ0n) is 21.6. The first-order valence-electron chi connectivity index (χ1n) is 11.2. The highest BCUT2D eigenvalue weighted by Gasteiger charge is 2.27. The average molecular weight is 591 g/mol. The summed E-state index contributed by atoms with van der Waals surface area (Å²) in [6, 6.07) is 10.2. The number of hydrogen-bond donors (Lipinski definition) is 0. The zero-order valence-corrected chi connectivity index (χ0v) is 23.2. The van der Waals surface area contributed by atoms with Gasteiger partial charge in [0.25, 0.3) is 11.4 Å². The molecule has 0 aliphatic rings. The van der Waals surface area contributed by atoms with Crippen LogP contribution in [0.15, 0.2) is 59.3 Å². The van der Waals surface area contributed by atoms with Crippen molar-refractivity contribution in [2.45, 2.75) is 52.7 Å². The lowest BCUT2D eigenvalue weighted by Crippen LogP contribution is -2.24. The lowest BCUT2D eigenvalue weighted by molar-refractivity contribution is -0.385. The maximum Gasteiger partial charge on any atom is 0.345 e. The number of nitro groups is 2. The molecule has 1 aromatic heterocycles. The highest BCUT2D eigenvalue weighted by Crippen LogP contribution is 2.26. The Balaban J connectivity index is 0.000000273. The Morgan fingerprint density at radius 1 is 0.842 bits per heavy atom. The molecule has 38 heavy (non-hydrogen) atoms. The van der Waals surface area contributed by atoms with Crippen LogP contribution in [0.4, 0.5) is 11.4 Å². The van der Waals surface area contributed by atoms with Gasteiger partial charge in [-0.25, -0.2) is 14.3 Å². The quantitative estimate of drug-likeness (QED) is 0.196. The van der Waals surface area contributed by atoms with E-state index in [1.54, 1.807) is 72.1 Å². The molecule has 3 rings (SSSR count). The smallest absolute Gasteiger partial charge is 0.345 e. The number of ether oxygens (including phenoxy) is 2. The summed E-state index contributed by atoms with van der Waals surface area (Å²) in [6.07, 6.45) is 3.22. The zero-order chi connectivity index (χ0) is 28.8. The second-order valence-electron chi connectivity index (χ2n) is 9.83. The second kappa shape index (κ2) is 11.9. The Hall–Kier alpha value is -4.13. The molecular formula is C25H27BrN4O8. The summed E-state index contributed by atoms with van der Waals surface area (Å²) < 4.78 is 12.3. The number of nitrogens with zero attached hydrogens (tertiary/aromatic N) is 4. The highest BCUT2D eigenvalue weighted by molar-refractivity contribution is 9.10. The summed E-state index contributed by atoms with van der Waals surface area (Å²) in [7, 11) is 0. The number of carbonyl (C=O) groups is 2. The van der Waals surface area contributed by atoms with Gasteiger partial charge in [-0.3, -0.25) is 20.2 Å². The van der Waals surface area contributed by atoms with Gasteiger partial charge in [-0.2, -0.15) is 5.10 Å². The van der Waals surface area contributed by atoms with E-state index in [-0.39, 0.29) is 22.5 Å². The fourth-order valence-corrected chi connectivity index (χ4v) is 3.25. The van der Waals surface area contributed by atoms with Gasteiger partial charge in [0.05, 0.1) is 15.5 Å². The largest absolute Gasteiger partial charge is 0.456 e. The predicted octanol–water partition coefficient (Wildman–Crippen LogP) is 6.05. The molecule has 0 spiro atoms. The molecule has 0 aliphatic carbocycles. The van der Waals surface area contributed by atoms with Gasteiger partial charge in [-0.05, 0) is 71.9 Å². The molecule has 0 N–H and O–H groups in total. The molecule has 3 aromatic rings. The molecule has 0 saturated carbocycles. The Bertz CT molecular complexity index is 1340. The Labute approximate surface area is 227 Å². The van der Waals surface area contributed by atoms with Gasteiger partial charge >= 0.3 is 11.9 Å². The first-order chi connectivity index (χ1) is 17.5. The van der Waals surface area contributed by atoms with Gasteiger partial charge < -0.3 is 9.47 Å². The van der Waals surface area contributed by atoms with Gasteiger partial charge in [0.15, 0.2) is 0 Å². The molecule has 0 bridgehead atoms. The highest BCUT2D eigenvalue weighted by atomic mass is 79.9. The molecule has 0 unspecified atom stereocenters. The lowest BCUT2D eigenvalue weighted by atomic mass is 10.1. The third-order valence-corrected chi connectivity index (χ3v) is 4.83. The molecule has 0 saturated heterocycles. The van der Waals surface area contributed by atoms with Crippen LogP contribution in [0.2, 0.25) is 0 Å². The lowest BCUT2D eigenvalue weighted by Gasteiger charge is -2.19. The predicted molar refractivity (Wildman–Crippen MR) is 141 cm³/mol. The first-order valence-corrected chi connectivity index (χ1v) is 12.0. The normalized spacial score (nSPS) is 11.1. The number of esters is 2. The van der Waals surface area contributed by atoms with Crippen LogP contribution in [-0.4, -0.2) is 42.8 Å². The topological polar surface area (TPSA) is 157 Å². The number of aromatic nitrogens is 2. The van der Waals surface area contributed by atoms with E-state index in [2.05, 4.69) is 21.0 Å². The Morgan fingerprint density at radius 2 is 1.32 bits per heavy atom. The number of halogens is 1. The van der Waals surface area contributed by atoms with Gasteiger partial charge in [0.1, 0.15) is 22.3 Å². The van der Waals surface area contributed by atoms with Crippen molar-refractivity contribution in [1.82, 2.24) is 9.78 Å². The summed E-state index contributed by atoms with van der Waals surface area (Å²) in [5.74, 6) is -1.42. The minimum atomic E-state index is -0.721. The number of nitro benzene ring substituents is 2. The van der Waals surface area contributed by atoms with Crippen molar-refractivity contribution in [3.8, 4) is 5.69 Å². The number of benzene rings is 2. The van der Waals surface area contributed by atoms with E-state index < -0.39 is 33.0 Å². The standard InChI is InChI=1S/C14H15N3O4.C11H12BrNO4/c1-14(2,3)21-13(18)11-6-5-10(9-12(11)17(19)20)16-8-4-7-15-16;1-11(2,3)17-10(14)8-5-4-7(12)6-9(8)13(15)16/h4-9H,1-3H3;4-6H,1-3H3. The van der Waals surface area contributed by atoms with Gasteiger partial charge in [-0.15, -0.1) is 0 Å². The van der Waals surface area contributed by atoms with Crippen molar-refractivity contribution in [1.29, 1.82) is 0 Å². The molecule has 0 atom stereocenters. The van der Waals surface area contributed by atoms with Crippen LogP contribution in [-0.2, 0) is 9.47 Å². The Kier molecular flexibility index (Phi) is 9.46. The fourth-order valence-electron chi connectivity index (χ4n) is 2.90. The van der Waals surface area contributed by atoms with E-state index in [4.69, 9.17) is 9.47 Å². The monoisotopic (exact) mass is 590 g/mol. The van der Waals surface area contributed by atoms with Crippen molar-refractivity contribution in [2.75, 3.05) is 0 Å². The van der Waals surface area contributed by atoms with E-state index in [0.717, 1.165) is 0 Å². The molecule has 0 radical (unpaired) electrons. The average Bonchev–Trinajstić information content (AvgIpc) is 3.31. The van der Waals surface area contributed by atoms with Crippen LogP contribution >= 0.6 is 15.9 Å². The van der Waals surface area contributed by atoms with Gasteiger partial charge in [0, 0.05) is 29.0 Å².